The topological polar surface area (TPSA) is 85.4 Å². The van der Waals surface area contributed by atoms with Gasteiger partial charge in [-0.2, -0.15) is 0 Å². The number of hydrogen-bond acceptors (Lipinski definition) is 6. The van der Waals surface area contributed by atoms with Crippen LogP contribution in [0.25, 0.3) is 0 Å². The molecule has 6 heteroatoms. The predicted molar refractivity (Wildman–Crippen MR) is 89.5 cm³/mol. The summed E-state index contributed by atoms with van der Waals surface area (Å²) in [5.74, 6) is -1.93. The molecule has 2 aliphatic heterocycles. The van der Waals surface area contributed by atoms with Crippen molar-refractivity contribution in [1.29, 1.82) is 0 Å². The van der Waals surface area contributed by atoms with Crippen LogP contribution >= 0.6 is 0 Å². The van der Waals surface area contributed by atoms with Crippen LogP contribution in [0.15, 0.2) is 23.8 Å². The molecule has 0 aromatic carbocycles. The second kappa shape index (κ2) is 6.25. The van der Waals surface area contributed by atoms with Gasteiger partial charge in [-0.3, -0.25) is 4.79 Å². The fourth-order valence-electron chi connectivity index (χ4n) is 3.66. The third-order valence-corrected chi connectivity index (χ3v) is 5.47. The zero-order chi connectivity index (χ0) is 18.5. The first kappa shape index (κ1) is 18.1. The first-order valence-corrected chi connectivity index (χ1v) is 8.78. The van der Waals surface area contributed by atoms with Crippen molar-refractivity contribution in [2.45, 2.75) is 70.6 Å². The molecular weight excluding hydrogens is 324 g/mol. The molecule has 0 aromatic rings. The quantitative estimate of drug-likeness (QED) is 0.354. The highest BCUT2D eigenvalue weighted by Gasteiger charge is 2.62. The molecule has 0 radical (unpaired) electrons. The Kier molecular flexibility index (Phi) is 4.54. The van der Waals surface area contributed by atoms with E-state index in [0.717, 1.165) is 18.4 Å². The lowest BCUT2D eigenvalue weighted by Crippen LogP contribution is -2.49. The molecule has 0 amide bonds. The zero-order valence-corrected chi connectivity index (χ0v) is 15.2. The number of allylic oxidation sites excluding steroid dienone is 1. The average Bonchev–Trinajstić information content (AvgIpc) is 3.13. The highest BCUT2D eigenvalue weighted by Crippen LogP contribution is 2.48. The first-order chi connectivity index (χ1) is 11.6. The molecule has 1 N–H and O–H groups in total. The van der Waals surface area contributed by atoms with Gasteiger partial charge in [0.25, 0.3) is 0 Å². The number of carbonyl (C=O) groups excluding carboxylic acids is 2. The first-order valence-electron chi connectivity index (χ1n) is 8.78. The van der Waals surface area contributed by atoms with Crippen LogP contribution in [0.3, 0.4) is 0 Å². The van der Waals surface area contributed by atoms with E-state index in [1.54, 1.807) is 13.8 Å². The molecule has 2 heterocycles. The summed E-state index contributed by atoms with van der Waals surface area (Å²) in [7, 11) is 0. The van der Waals surface area contributed by atoms with Gasteiger partial charge in [-0.05, 0) is 32.8 Å². The van der Waals surface area contributed by atoms with Crippen LogP contribution in [0, 0.1) is 11.8 Å². The average molecular weight is 350 g/mol. The van der Waals surface area contributed by atoms with Gasteiger partial charge in [0.05, 0.1) is 17.9 Å². The molecule has 3 aliphatic rings. The monoisotopic (exact) mass is 350 g/mol. The molecule has 3 rings (SSSR count). The lowest BCUT2D eigenvalue weighted by molar-refractivity contribution is -0.166. The van der Waals surface area contributed by atoms with Crippen molar-refractivity contribution in [2.75, 3.05) is 0 Å². The van der Waals surface area contributed by atoms with E-state index in [4.69, 9.17) is 14.2 Å². The van der Waals surface area contributed by atoms with Crippen LogP contribution in [-0.4, -0.2) is 47.1 Å². The molecule has 1 aliphatic carbocycles. The summed E-state index contributed by atoms with van der Waals surface area (Å²) in [6.07, 6.45) is 0.701. The highest BCUT2D eigenvalue weighted by molar-refractivity contribution is 5.91. The van der Waals surface area contributed by atoms with Gasteiger partial charge in [-0.1, -0.05) is 26.0 Å². The SMILES string of the molecule is C=C1C(=O)O[C@@H]2/C=C(\C)CC[C@H]3O[C@]3(C)[C@@H](O)[C@@H](OC(=O)C(C)C)[C@@H]12. The number of aliphatic hydroxyl groups is 1. The summed E-state index contributed by atoms with van der Waals surface area (Å²) >= 11 is 0. The molecule has 138 valence electrons. The third kappa shape index (κ3) is 3.13. The molecule has 0 saturated carbocycles. The maximum atomic E-state index is 12.2. The molecular formula is C19H26O6. The Balaban J connectivity index is 2.01. The van der Waals surface area contributed by atoms with Gasteiger partial charge in [-0.25, -0.2) is 4.79 Å². The van der Waals surface area contributed by atoms with E-state index in [1.807, 2.05) is 19.9 Å². The number of rotatable bonds is 2. The predicted octanol–water partition coefficient (Wildman–Crippen LogP) is 1.91. The number of fused-ring (bicyclic) bond motifs is 2. The largest absolute Gasteiger partial charge is 0.458 e. The second-order valence-corrected chi connectivity index (χ2v) is 7.76. The molecule has 25 heavy (non-hydrogen) atoms. The van der Waals surface area contributed by atoms with E-state index >= 15 is 0 Å². The number of ether oxygens (including phenoxy) is 3. The Morgan fingerprint density at radius 1 is 1.48 bits per heavy atom. The minimum absolute atomic E-state index is 0.103. The van der Waals surface area contributed by atoms with Crippen molar-refractivity contribution < 1.29 is 28.9 Å². The van der Waals surface area contributed by atoms with Crippen molar-refractivity contribution in [1.82, 2.24) is 0 Å². The van der Waals surface area contributed by atoms with Crippen molar-refractivity contribution in [2.24, 2.45) is 11.8 Å². The maximum Gasteiger partial charge on any atom is 0.334 e. The fourth-order valence-corrected chi connectivity index (χ4v) is 3.66. The molecule has 0 bridgehead atoms. The Labute approximate surface area is 147 Å². The Morgan fingerprint density at radius 3 is 2.80 bits per heavy atom. The molecule has 2 saturated heterocycles. The zero-order valence-electron chi connectivity index (χ0n) is 15.2. The Morgan fingerprint density at radius 2 is 2.16 bits per heavy atom. The van der Waals surface area contributed by atoms with Crippen LogP contribution in [0.2, 0.25) is 0 Å². The minimum atomic E-state index is -1.06. The van der Waals surface area contributed by atoms with Gasteiger partial charge in [-0.15, -0.1) is 0 Å². The Hall–Kier alpha value is -1.66. The standard InChI is InChI=1S/C19H26O6/c1-9(2)17(21)24-15-14-11(4)18(22)23-12(14)8-10(3)6-7-13-19(5,25-13)16(15)20/h8-9,12-16,20H,4,6-7H2,1-3,5H3/b10-8+/t12-,13-,14+,15+,16+,19+/m1/s1. The summed E-state index contributed by atoms with van der Waals surface area (Å²) in [6, 6.07) is 0. The van der Waals surface area contributed by atoms with E-state index in [1.165, 1.54) is 0 Å². The lowest BCUT2D eigenvalue weighted by Gasteiger charge is -2.33. The van der Waals surface area contributed by atoms with E-state index in [-0.39, 0.29) is 17.6 Å². The smallest absolute Gasteiger partial charge is 0.334 e. The van der Waals surface area contributed by atoms with Crippen molar-refractivity contribution in [3.05, 3.63) is 23.8 Å². The molecule has 0 aromatic heterocycles. The molecule has 0 spiro atoms. The van der Waals surface area contributed by atoms with Crippen molar-refractivity contribution in [3.8, 4) is 0 Å². The van der Waals surface area contributed by atoms with Crippen molar-refractivity contribution >= 4 is 11.9 Å². The lowest BCUT2D eigenvalue weighted by atomic mass is 9.80. The number of epoxide rings is 1. The number of hydrogen-bond donors (Lipinski definition) is 1. The van der Waals surface area contributed by atoms with Crippen LogP contribution in [-0.2, 0) is 23.8 Å². The van der Waals surface area contributed by atoms with Gasteiger partial charge in [0.2, 0.25) is 0 Å². The summed E-state index contributed by atoms with van der Waals surface area (Å²) < 4.78 is 16.8. The van der Waals surface area contributed by atoms with Crippen LogP contribution in [0.1, 0.15) is 40.5 Å². The second-order valence-electron chi connectivity index (χ2n) is 7.76. The molecule has 2 fully saturated rings. The fraction of sp³-hybridized carbons (Fsp3) is 0.684. The van der Waals surface area contributed by atoms with Gasteiger partial charge in [0.1, 0.15) is 23.9 Å². The number of carbonyl (C=O) groups is 2. The van der Waals surface area contributed by atoms with E-state index in [2.05, 4.69) is 6.58 Å². The normalized spacial score (nSPS) is 42.8. The Bertz CT molecular complexity index is 636. The highest BCUT2D eigenvalue weighted by atomic mass is 16.6. The van der Waals surface area contributed by atoms with E-state index in [9.17, 15) is 14.7 Å². The molecule has 6 atom stereocenters. The summed E-state index contributed by atoms with van der Waals surface area (Å²) in [6.45, 7) is 11.1. The number of aliphatic hydroxyl groups excluding tert-OH is 1. The molecule has 0 unspecified atom stereocenters. The van der Waals surface area contributed by atoms with Gasteiger partial charge in [0.15, 0.2) is 0 Å². The minimum Gasteiger partial charge on any atom is -0.458 e. The molecule has 6 nitrogen and oxygen atoms in total. The summed E-state index contributed by atoms with van der Waals surface area (Å²) in [5.41, 5.74) is 0.493. The third-order valence-electron chi connectivity index (χ3n) is 5.47. The van der Waals surface area contributed by atoms with Gasteiger partial charge in [0, 0.05) is 5.57 Å². The van der Waals surface area contributed by atoms with Crippen molar-refractivity contribution in [3.63, 3.8) is 0 Å². The summed E-state index contributed by atoms with van der Waals surface area (Å²) in [5, 5.41) is 11.0. The van der Waals surface area contributed by atoms with Crippen LogP contribution in [0.4, 0.5) is 0 Å². The number of esters is 2. The summed E-state index contributed by atoms with van der Waals surface area (Å²) in [4.78, 5) is 24.3. The van der Waals surface area contributed by atoms with Crippen LogP contribution < -0.4 is 0 Å². The maximum absolute atomic E-state index is 12.2. The van der Waals surface area contributed by atoms with Crippen LogP contribution in [0.5, 0.6) is 0 Å². The van der Waals surface area contributed by atoms with Gasteiger partial charge >= 0.3 is 11.9 Å². The van der Waals surface area contributed by atoms with E-state index < -0.39 is 41.8 Å². The van der Waals surface area contributed by atoms with Gasteiger partial charge < -0.3 is 19.3 Å². The van der Waals surface area contributed by atoms with E-state index in [0.29, 0.717) is 0 Å².